The molecule has 3 N–H and O–H groups in total. The van der Waals surface area contributed by atoms with Crippen molar-refractivity contribution in [1.29, 1.82) is 0 Å². The number of amides is 1. The number of likely N-dealkylation sites (tertiary alicyclic amines) is 1. The second kappa shape index (κ2) is 12.7. The molecule has 1 aliphatic heterocycles. The Balaban J connectivity index is 0.000000509. The van der Waals surface area contributed by atoms with Crippen molar-refractivity contribution < 1.29 is 37.0 Å². The third-order valence-electron chi connectivity index (χ3n) is 5.24. The second-order valence-electron chi connectivity index (χ2n) is 7.56. The number of hydrogen-bond donors (Lipinski definition) is 2. The molecule has 0 saturated carbocycles. The van der Waals surface area contributed by atoms with E-state index in [1.54, 1.807) is 24.3 Å². The second-order valence-corrected chi connectivity index (χ2v) is 7.56. The van der Waals surface area contributed by atoms with Crippen molar-refractivity contribution in [1.82, 2.24) is 4.90 Å². The SMILES string of the molecule is NC/C(=C/F)COc1ccc(C(=O)N2CCC(c3ccccc3)CC2)cc1.O=C(O)C(F)(F)F. The van der Waals surface area contributed by atoms with E-state index in [0.29, 0.717) is 29.1 Å². The molecule has 0 radical (unpaired) electrons. The maximum absolute atomic E-state index is 12.7. The minimum atomic E-state index is -5.08. The van der Waals surface area contributed by atoms with E-state index >= 15 is 0 Å². The van der Waals surface area contributed by atoms with Crippen LogP contribution in [-0.4, -0.2) is 54.3 Å². The molecule has 0 bridgehead atoms. The van der Waals surface area contributed by atoms with Crippen LogP contribution in [0.5, 0.6) is 5.75 Å². The van der Waals surface area contributed by atoms with Gasteiger partial charge in [-0.25, -0.2) is 9.18 Å². The van der Waals surface area contributed by atoms with Crippen LogP contribution in [-0.2, 0) is 4.79 Å². The minimum Gasteiger partial charge on any atom is -0.489 e. The molecule has 2 aromatic carbocycles. The maximum Gasteiger partial charge on any atom is 0.490 e. The lowest BCUT2D eigenvalue weighted by Crippen LogP contribution is -2.37. The first-order chi connectivity index (χ1) is 16.2. The number of hydrogen-bond acceptors (Lipinski definition) is 4. The molecule has 0 atom stereocenters. The highest BCUT2D eigenvalue weighted by Gasteiger charge is 2.38. The molecule has 0 aromatic heterocycles. The molecule has 184 valence electrons. The molecule has 34 heavy (non-hydrogen) atoms. The number of piperidine rings is 1. The van der Waals surface area contributed by atoms with Gasteiger partial charge in [0.2, 0.25) is 0 Å². The van der Waals surface area contributed by atoms with Gasteiger partial charge in [0.15, 0.2) is 0 Å². The van der Waals surface area contributed by atoms with Gasteiger partial charge in [-0.05, 0) is 48.6 Å². The number of carboxylic acid groups (broad SMARTS) is 1. The number of carbonyl (C=O) groups is 2. The Morgan fingerprint density at radius 3 is 2.09 bits per heavy atom. The number of carboxylic acids is 1. The summed E-state index contributed by atoms with van der Waals surface area (Å²) in [6, 6.07) is 17.5. The zero-order valence-corrected chi connectivity index (χ0v) is 18.3. The number of nitrogens with zero attached hydrogens (tertiary/aromatic N) is 1. The average molecular weight is 482 g/mol. The van der Waals surface area contributed by atoms with E-state index in [0.717, 1.165) is 25.9 Å². The van der Waals surface area contributed by atoms with Crippen molar-refractivity contribution in [2.24, 2.45) is 5.73 Å². The highest BCUT2D eigenvalue weighted by molar-refractivity contribution is 5.94. The highest BCUT2D eigenvalue weighted by Crippen LogP contribution is 2.28. The van der Waals surface area contributed by atoms with E-state index in [2.05, 4.69) is 24.3 Å². The van der Waals surface area contributed by atoms with Crippen molar-refractivity contribution in [2.75, 3.05) is 26.2 Å². The molecule has 1 aliphatic rings. The smallest absolute Gasteiger partial charge is 0.489 e. The molecular weight excluding hydrogens is 456 g/mol. The van der Waals surface area contributed by atoms with Gasteiger partial charge < -0.3 is 20.5 Å². The first-order valence-electron chi connectivity index (χ1n) is 10.5. The van der Waals surface area contributed by atoms with Crippen LogP contribution in [0.15, 0.2) is 66.5 Å². The first-order valence-corrected chi connectivity index (χ1v) is 10.5. The molecule has 1 heterocycles. The van der Waals surface area contributed by atoms with Gasteiger partial charge in [-0.1, -0.05) is 30.3 Å². The van der Waals surface area contributed by atoms with Gasteiger partial charge in [0.25, 0.3) is 5.91 Å². The summed E-state index contributed by atoms with van der Waals surface area (Å²) >= 11 is 0. The Labute approximate surface area is 194 Å². The van der Waals surface area contributed by atoms with Crippen molar-refractivity contribution in [2.45, 2.75) is 24.9 Å². The van der Waals surface area contributed by atoms with Gasteiger partial charge in [0.1, 0.15) is 12.4 Å². The summed E-state index contributed by atoms with van der Waals surface area (Å²) in [4.78, 5) is 23.5. The van der Waals surface area contributed by atoms with E-state index in [-0.39, 0.29) is 19.1 Å². The number of carbonyl (C=O) groups excluding carboxylic acids is 1. The van der Waals surface area contributed by atoms with Crippen LogP contribution in [0.1, 0.15) is 34.7 Å². The third kappa shape index (κ3) is 8.18. The van der Waals surface area contributed by atoms with E-state index in [1.807, 2.05) is 11.0 Å². The molecule has 0 aliphatic carbocycles. The highest BCUT2D eigenvalue weighted by atomic mass is 19.4. The fraction of sp³-hybridized carbons (Fsp3) is 0.333. The summed E-state index contributed by atoms with van der Waals surface area (Å²) < 4.78 is 49.7. The molecule has 1 saturated heterocycles. The Morgan fingerprint density at radius 1 is 1.06 bits per heavy atom. The van der Waals surface area contributed by atoms with Gasteiger partial charge in [-0.3, -0.25) is 4.79 Å². The first kappa shape index (κ1) is 26.8. The molecule has 6 nitrogen and oxygen atoms in total. The Kier molecular flexibility index (Phi) is 10.1. The molecular formula is C24H26F4N2O4. The van der Waals surface area contributed by atoms with Crippen molar-refractivity contribution in [3.05, 3.63) is 77.6 Å². The number of alkyl halides is 3. The zero-order chi connectivity index (χ0) is 25.1. The molecule has 1 fully saturated rings. The lowest BCUT2D eigenvalue weighted by molar-refractivity contribution is -0.192. The van der Waals surface area contributed by atoms with Crippen LogP contribution in [0.4, 0.5) is 17.6 Å². The fourth-order valence-corrected chi connectivity index (χ4v) is 3.33. The van der Waals surface area contributed by atoms with Gasteiger partial charge in [-0.15, -0.1) is 0 Å². The summed E-state index contributed by atoms with van der Waals surface area (Å²) in [6.45, 7) is 1.74. The Bertz CT molecular complexity index is 955. The van der Waals surface area contributed by atoms with E-state index in [4.69, 9.17) is 20.4 Å². The normalized spacial score (nSPS) is 14.7. The molecule has 3 rings (SSSR count). The molecule has 10 heteroatoms. The van der Waals surface area contributed by atoms with Crippen LogP contribution in [0.2, 0.25) is 0 Å². The van der Waals surface area contributed by atoms with Crippen molar-refractivity contribution >= 4 is 11.9 Å². The molecule has 0 unspecified atom stereocenters. The number of aliphatic carboxylic acids is 1. The fourth-order valence-electron chi connectivity index (χ4n) is 3.33. The van der Waals surface area contributed by atoms with Gasteiger partial charge >= 0.3 is 12.1 Å². The van der Waals surface area contributed by atoms with Crippen LogP contribution in [0, 0.1) is 0 Å². The zero-order valence-electron chi connectivity index (χ0n) is 18.3. The van der Waals surface area contributed by atoms with Crippen molar-refractivity contribution in [3.63, 3.8) is 0 Å². The predicted molar refractivity (Wildman–Crippen MR) is 118 cm³/mol. The number of ether oxygens (including phenoxy) is 1. The minimum absolute atomic E-state index is 0.0411. The van der Waals surface area contributed by atoms with E-state index < -0.39 is 12.1 Å². The lowest BCUT2D eigenvalue weighted by atomic mass is 9.89. The van der Waals surface area contributed by atoms with Crippen LogP contribution in [0.3, 0.4) is 0 Å². The molecule has 1 amide bonds. The van der Waals surface area contributed by atoms with Crippen LogP contribution in [0.25, 0.3) is 0 Å². The third-order valence-corrected chi connectivity index (χ3v) is 5.24. The maximum atomic E-state index is 12.7. The average Bonchev–Trinajstić information content (AvgIpc) is 2.85. The Morgan fingerprint density at radius 2 is 1.62 bits per heavy atom. The van der Waals surface area contributed by atoms with Gasteiger partial charge in [0.05, 0.1) is 6.33 Å². The quantitative estimate of drug-likeness (QED) is 0.591. The summed E-state index contributed by atoms with van der Waals surface area (Å²) in [5.41, 5.74) is 7.78. The monoisotopic (exact) mass is 482 g/mol. The largest absolute Gasteiger partial charge is 0.490 e. The number of benzene rings is 2. The summed E-state index contributed by atoms with van der Waals surface area (Å²) in [5.74, 6) is -1.61. The summed E-state index contributed by atoms with van der Waals surface area (Å²) in [6.07, 6.45) is -2.65. The van der Waals surface area contributed by atoms with E-state index in [1.165, 1.54) is 5.56 Å². The lowest BCUT2D eigenvalue weighted by Gasteiger charge is -2.32. The summed E-state index contributed by atoms with van der Waals surface area (Å²) in [5, 5.41) is 7.12. The van der Waals surface area contributed by atoms with E-state index in [9.17, 15) is 22.4 Å². The van der Waals surface area contributed by atoms with Gasteiger partial charge in [0, 0.05) is 30.8 Å². The van der Waals surface area contributed by atoms with Crippen LogP contribution >= 0.6 is 0 Å². The molecule has 0 spiro atoms. The molecule has 2 aromatic rings. The summed E-state index contributed by atoms with van der Waals surface area (Å²) in [7, 11) is 0. The topological polar surface area (TPSA) is 92.9 Å². The van der Waals surface area contributed by atoms with Crippen molar-refractivity contribution in [3.8, 4) is 5.75 Å². The van der Waals surface area contributed by atoms with Crippen LogP contribution < -0.4 is 10.5 Å². The van der Waals surface area contributed by atoms with Gasteiger partial charge in [-0.2, -0.15) is 13.2 Å². The Hall–Kier alpha value is -3.40. The standard InChI is InChI=1S/C22H25FN2O2.C2HF3O2/c23-14-17(15-24)16-27-21-8-6-20(7-9-21)22(26)25-12-10-19(11-13-25)18-4-2-1-3-5-18;3-2(4,5)1(6)7/h1-9,14,19H,10-13,15-16,24H2;(H,6,7)/b17-14-;. The number of rotatable bonds is 6. The number of nitrogens with two attached hydrogens (primary N) is 1. The number of halogens is 4. The predicted octanol–water partition coefficient (Wildman–Crippen LogP) is 4.53.